The lowest BCUT2D eigenvalue weighted by molar-refractivity contribution is -0.385. The van der Waals surface area contributed by atoms with Gasteiger partial charge in [-0.25, -0.2) is 8.78 Å². The van der Waals surface area contributed by atoms with Gasteiger partial charge in [0, 0.05) is 68.0 Å². The van der Waals surface area contributed by atoms with Crippen LogP contribution < -0.4 is 20.4 Å². The first kappa shape index (κ1) is 28.9. The molecule has 0 spiro atoms. The molecule has 5 rings (SSSR count). The van der Waals surface area contributed by atoms with Crippen molar-refractivity contribution in [2.45, 2.75) is 0 Å². The Labute approximate surface area is 240 Å². The largest absolute Gasteiger partial charge is 0.378 e. The highest BCUT2D eigenvalue weighted by molar-refractivity contribution is 6.09. The molecule has 42 heavy (non-hydrogen) atoms. The summed E-state index contributed by atoms with van der Waals surface area (Å²) < 4.78 is 34.4. The van der Waals surface area contributed by atoms with Crippen molar-refractivity contribution < 1.29 is 28.0 Å². The van der Waals surface area contributed by atoms with Gasteiger partial charge in [-0.15, -0.1) is 0 Å². The molecule has 0 unspecified atom stereocenters. The number of nitrogens with one attached hydrogen (secondary N) is 2. The van der Waals surface area contributed by atoms with Gasteiger partial charge in [0.05, 0.1) is 23.8 Å². The van der Waals surface area contributed by atoms with Crippen LogP contribution in [-0.2, 0) is 4.74 Å². The summed E-state index contributed by atoms with van der Waals surface area (Å²) in [4.78, 5) is 43.3. The Morgan fingerprint density at radius 1 is 0.833 bits per heavy atom. The number of nitrogens with zero attached hydrogens (tertiary/aromatic N) is 4. The first-order valence-corrected chi connectivity index (χ1v) is 13.5. The van der Waals surface area contributed by atoms with Gasteiger partial charge in [0.15, 0.2) is 0 Å². The lowest BCUT2D eigenvalue weighted by Gasteiger charge is -2.34. The lowest BCUT2D eigenvalue weighted by atomic mass is 10.1. The van der Waals surface area contributed by atoms with E-state index in [2.05, 4.69) is 15.5 Å². The predicted octanol–water partition coefficient (Wildman–Crippen LogP) is 3.97. The normalized spacial score (nSPS) is 15.8. The van der Waals surface area contributed by atoms with E-state index in [0.29, 0.717) is 50.8 Å². The summed E-state index contributed by atoms with van der Waals surface area (Å²) in [7, 11) is 2.00. The van der Waals surface area contributed by atoms with Crippen LogP contribution in [0.5, 0.6) is 0 Å². The van der Waals surface area contributed by atoms with Crippen LogP contribution in [0.2, 0.25) is 0 Å². The van der Waals surface area contributed by atoms with Gasteiger partial charge >= 0.3 is 0 Å². The molecule has 0 bridgehead atoms. The zero-order valence-corrected chi connectivity index (χ0v) is 22.9. The number of likely N-dealkylation sites (N-methyl/N-ethyl adjacent to an activating group) is 1. The number of morpholine rings is 1. The molecule has 3 aromatic carbocycles. The van der Waals surface area contributed by atoms with Gasteiger partial charge in [-0.1, -0.05) is 0 Å². The fourth-order valence-electron chi connectivity index (χ4n) is 4.93. The second-order valence-corrected chi connectivity index (χ2v) is 10.1. The van der Waals surface area contributed by atoms with Crippen LogP contribution >= 0.6 is 0 Å². The van der Waals surface area contributed by atoms with Crippen LogP contribution in [0.1, 0.15) is 20.7 Å². The Balaban J connectivity index is 1.34. The summed E-state index contributed by atoms with van der Waals surface area (Å²) >= 11 is 0. The monoisotopic (exact) mass is 580 g/mol. The molecule has 0 saturated carbocycles. The number of halogens is 2. The van der Waals surface area contributed by atoms with E-state index < -0.39 is 34.1 Å². The van der Waals surface area contributed by atoms with Crippen molar-refractivity contribution in [3.63, 3.8) is 0 Å². The molecule has 3 aromatic rings. The van der Waals surface area contributed by atoms with Crippen molar-refractivity contribution in [3.8, 4) is 0 Å². The van der Waals surface area contributed by atoms with Crippen LogP contribution in [0.4, 0.5) is 37.2 Å². The molecular weight excluding hydrogens is 550 g/mol. The summed E-state index contributed by atoms with van der Waals surface area (Å²) in [5.74, 6) is -2.90. The number of carbonyl (C=O) groups is 2. The van der Waals surface area contributed by atoms with Gasteiger partial charge in [0.1, 0.15) is 17.2 Å². The number of nitro groups is 1. The summed E-state index contributed by atoms with van der Waals surface area (Å²) in [6, 6.07) is 11.8. The maximum absolute atomic E-state index is 14.7. The standard InChI is InChI=1S/C29H30F2N6O5/c1-34-6-8-35(9-7-34)22-3-5-27(37(40)41)24(18-22)29(39)33-26-17-21(2-4-25(26)31)32-28(38)19-14-20(30)16-23(15-19)36-10-12-42-13-11-36/h2-5,14-18H,6-13H2,1H3,(H,32,38)(H,33,39). The second-order valence-electron chi connectivity index (χ2n) is 10.1. The maximum Gasteiger partial charge on any atom is 0.282 e. The van der Waals surface area contributed by atoms with E-state index in [1.54, 1.807) is 12.1 Å². The average Bonchev–Trinajstić information content (AvgIpc) is 2.99. The topological polar surface area (TPSA) is 120 Å². The molecule has 2 heterocycles. The Kier molecular flexibility index (Phi) is 8.59. The van der Waals surface area contributed by atoms with Crippen molar-refractivity contribution in [3.05, 3.63) is 87.5 Å². The third-order valence-electron chi connectivity index (χ3n) is 7.28. The van der Waals surface area contributed by atoms with Gasteiger partial charge in [0.2, 0.25) is 0 Å². The molecule has 0 aliphatic carbocycles. The summed E-state index contributed by atoms with van der Waals surface area (Å²) in [6.07, 6.45) is 0. The molecule has 11 nitrogen and oxygen atoms in total. The van der Waals surface area contributed by atoms with Crippen LogP contribution in [0, 0.1) is 21.7 Å². The fraction of sp³-hybridized carbons (Fsp3) is 0.310. The Morgan fingerprint density at radius 2 is 1.55 bits per heavy atom. The third kappa shape index (κ3) is 6.64. The fourth-order valence-corrected chi connectivity index (χ4v) is 4.93. The number of rotatable bonds is 7. The van der Waals surface area contributed by atoms with Crippen molar-refractivity contribution in [2.24, 2.45) is 0 Å². The number of piperazine rings is 1. The summed E-state index contributed by atoms with van der Waals surface area (Å²) in [5.41, 5.74) is 0.448. The average molecular weight is 581 g/mol. The Hall–Kier alpha value is -4.62. The molecule has 0 atom stereocenters. The van der Waals surface area contributed by atoms with E-state index >= 15 is 0 Å². The van der Waals surface area contributed by atoms with E-state index in [1.165, 1.54) is 30.3 Å². The van der Waals surface area contributed by atoms with Crippen LogP contribution in [-0.4, -0.2) is 81.2 Å². The molecule has 220 valence electrons. The molecule has 2 aliphatic heterocycles. The molecular formula is C29H30F2N6O5. The highest BCUT2D eigenvalue weighted by atomic mass is 19.1. The second kappa shape index (κ2) is 12.5. The van der Waals surface area contributed by atoms with Gasteiger partial charge in [-0.2, -0.15) is 0 Å². The minimum absolute atomic E-state index is 0.0581. The number of hydrogen-bond acceptors (Lipinski definition) is 8. The number of ether oxygens (including phenoxy) is 1. The summed E-state index contributed by atoms with van der Waals surface area (Å²) in [6.45, 7) is 5.07. The number of nitro benzene ring substituents is 1. The van der Waals surface area contributed by atoms with Crippen LogP contribution in [0.15, 0.2) is 54.6 Å². The Bertz CT molecular complexity index is 1510. The molecule has 0 radical (unpaired) electrons. The van der Waals surface area contributed by atoms with E-state index in [4.69, 9.17) is 4.74 Å². The van der Waals surface area contributed by atoms with E-state index in [-0.39, 0.29) is 22.5 Å². The lowest BCUT2D eigenvalue weighted by Crippen LogP contribution is -2.44. The van der Waals surface area contributed by atoms with Gasteiger partial charge in [0.25, 0.3) is 17.5 Å². The first-order chi connectivity index (χ1) is 20.2. The van der Waals surface area contributed by atoms with Crippen LogP contribution in [0.3, 0.4) is 0 Å². The molecule has 2 aliphatic rings. The minimum Gasteiger partial charge on any atom is -0.378 e. The van der Waals surface area contributed by atoms with E-state index in [1.807, 2.05) is 16.8 Å². The number of hydrogen-bond donors (Lipinski definition) is 2. The van der Waals surface area contributed by atoms with Gasteiger partial charge in [-0.3, -0.25) is 19.7 Å². The SMILES string of the molecule is CN1CCN(c2ccc([N+](=O)[O-])c(C(=O)Nc3cc(NC(=O)c4cc(F)cc(N5CCOCC5)c4)ccc3F)c2)CC1. The third-order valence-corrected chi connectivity index (χ3v) is 7.28. The predicted molar refractivity (Wildman–Crippen MR) is 155 cm³/mol. The van der Waals surface area contributed by atoms with Crippen molar-refractivity contribution in [2.75, 3.05) is 80.0 Å². The van der Waals surface area contributed by atoms with Gasteiger partial charge in [-0.05, 0) is 55.6 Å². The Morgan fingerprint density at radius 3 is 2.26 bits per heavy atom. The van der Waals surface area contributed by atoms with E-state index in [0.717, 1.165) is 25.2 Å². The molecule has 2 saturated heterocycles. The maximum atomic E-state index is 14.7. The zero-order chi connectivity index (χ0) is 29.8. The van der Waals surface area contributed by atoms with Crippen LogP contribution in [0.25, 0.3) is 0 Å². The molecule has 2 N–H and O–H groups in total. The number of anilines is 4. The highest BCUT2D eigenvalue weighted by Gasteiger charge is 2.24. The first-order valence-electron chi connectivity index (χ1n) is 13.5. The molecule has 0 aromatic heterocycles. The van der Waals surface area contributed by atoms with Crippen molar-refractivity contribution in [1.29, 1.82) is 0 Å². The van der Waals surface area contributed by atoms with Crippen molar-refractivity contribution in [1.82, 2.24) is 4.90 Å². The number of carbonyl (C=O) groups excluding carboxylic acids is 2. The smallest absolute Gasteiger partial charge is 0.282 e. The summed E-state index contributed by atoms with van der Waals surface area (Å²) in [5, 5.41) is 16.7. The molecule has 13 heteroatoms. The van der Waals surface area contributed by atoms with Gasteiger partial charge < -0.3 is 30.1 Å². The zero-order valence-electron chi connectivity index (χ0n) is 22.9. The van der Waals surface area contributed by atoms with E-state index in [9.17, 15) is 28.5 Å². The quantitative estimate of drug-likeness (QED) is 0.318. The molecule has 2 fully saturated rings. The minimum atomic E-state index is -0.875. The number of benzene rings is 3. The number of amides is 2. The highest BCUT2D eigenvalue weighted by Crippen LogP contribution is 2.28. The van der Waals surface area contributed by atoms with Crippen molar-refractivity contribution >= 4 is 40.3 Å². The molecule has 2 amide bonds.